The van der Waals surface area contributed by atoms with Crippen LogP contribution < -0.4 is 25.1 Å². The highest BCUT2D eigenvalue weighted by atomic mass is 79.9. The van der Waals surface area contributed by atoms with Crippen molar-refractivity contribution < 1.29 is 28.9 Å². The molecular weight excluding hydrogens is 802 g/mol. The van der Waals surface area contributed by atoms with Gasteiger partial charge in [-0.2, -0.15) is 0 Å². The van der Waals surface area contributed by atoms with Crippen molar-refractivity contribution in [2.45, 2.75) is 56.8 Å². The van der Waals surface area contributed by atoms with Gasteiger partial charge in [-0.25, -0.2) is 0 Å². The summed E-state index contributed by atoms with van der Waals surface area (Å²) < 4.78 is 20.3. The lowest BCUT2D eigenvalue weighted by molar-refractivity contribution is -0.150. The number of carbonyl (C=O) groups is 2. The zero-order valence-electron chi connectivity index (χ0n) is 32.9. The number of hydrogen-bond acceptors (Lipinski definition) is 7. The molecule has 5 aromatic rings. The fourth-order valence-corrected chi connectivity index (χ4v) is 13.3. The summed E-state index contributed by atoms with van der Waals surface area (Å²) in [5.74, 6) is 0.377. The summed E-state index contributed by atoms with van der Waals surface area (Å²) in [4.78, 5) is 46.1. The molecular formula is C45H48BrN3O7Si. The minimum absolute atomic E-state index is 0.0535. The van der Waals surface area contributed by atoms with Gasteiger partial charge in [-0.05, 0) is 71.3 Å². The minimum atomic E-state index is -2.53. The summed E-state index contributed by atoms with van der Waals surface area (Å²) in [6.07, 6.45) is 1.15. The standard InChI is InChI=1S/C45H48BrN3O7Si/c1-30-42(57(4,5)36-20-18-35(54-2)19-21-36)40(27-41(51)47(24-25-50)28-31-10-7-6-8-11-31)56-45(30)37-26-33(46)15-22-38(37)49(44(45)53)29-32-13-16-34(17-14-32)48-23-9-12-39(55-3)43(48)52/h6-23,26,30,40,42,50H,24-25,27-29H2,1-5H3/t30-,40+,42-,45+/m1/s1. The van der Waals surface area contributed by atoms with Crippen molar-refractivity contribution in [2.75, 3.05) is 32.3 Å². The van der Waals surface area contributed by atoms with Crippen LogP contribution in [0.1, 0.15) is 30.0 Å². The molecule has 1 N–H and O–H groups in total. The largest absolute Gasteiger partial charge is 0.497 e. The number of pyridine rings is 1. The monoisotopic (exact) mass is 849 g/mol. The highest BCUT2D eigenvalue weighted by Gasteiger charge is 2.66. The van der Waals surface area contributed by atoms with E-state index in [4.69, 9.17) is 14.2 Å². The number of benzene rings is 4. The first-order chi connectivity index (χ1) is 27.4. The number of nitrogens with zero attached hydrogens (tertiary/aromatic N) is 3. The van der Waals surface area contributed by atoms with Gasteiger partial charge in [0, 0.05) is 40.9 Å². The Morgan fingerprint density at radius 1 is 0.912 bits per heavy atom. The molecule has 2 aliphatic rings. The summed E-state index contributed by atoms with van der Waals surface area (Å²) >= 11 is 3.69. The molecule has 1 saturated heterocycles. The molecule has 12 heteroatoms. The molecule has 3 heterocycles. The normalized spacial score (nSPS) is 20.2. The minimum Gasteiger partial charge on any atom is -0.497 e. The molecule has 4 atom stereocenters. The SMILES string of the molecule is COc1ccc([Si](C)(C)[C@H]2[C@H](CC(=O)N(CCO)Cc3ccccc3)O[C@@]3(C(=O)N(Cc4ccc(-n5cccc(OC)c5=O)cc4)c4ccc(Br)cc43)[C@@H]2C)cc1. The fraction of sp³-hybridized carbons (Fsp3) is 0.311. The summed E-state index contributed by atoms with van der Waals surface area (Å²) in [6.45, 7) is 7.32. The summed E-state index contributed by atoms with van der Waals surface area (Å²) in [5, 5.41) is 11.2. The lowest BCUT2D eigenvalue weighted by Crippen LogP contribution is -2.52. The molecule has 2 amide bonds. The third-order valence-electron chi connectivity index (χ3n) is 11.8. The Morgan fingerprint density at radius 3 is 2.30 bits per heavy atom. The first-order valence-corrected chi connectivity index (χ1v) is 23.0. The molecule has 4 aromatic carbocycles. The zero-order chi connectivity index (χ0) is 40.5. The smallest absolute Gasteiger partial charge is 0.297 e. The number of aliphatic hydroxyl groups is 1. The summed E-state index contributed by atoms with van der Waals surface area (Å²) in [5.41, 5.74) is 2.25. The number of methoxy groups -OCH3 is 2. The Morgan fingerprint density at radius 2 is 1.63 bits per heavy atom. The molecule has 10 nitrogen and oxygen atoms in total. The van der Waals surface area contributed by atoms with E-state index in [2.05, 4.69) is 48.1 Å². The Bertz CT molecular complexity index is 2300. The van der Waals surface area contributed by atoms with E-state index in [-0.39, 0.29) is 60.7 Å². The van der Waals surface area contributed by atoms with Gasteiger partial charge in [0.05, 0.1) is 53.7 Å². The fourth-order valence-electron chi connectivity index (χ4n) is 8.94. The third-order valence-corrected chi connectivity index (χ3v) is 16.7. The van der Waals surface area contributed by atoms with Gasteiger partial charge in [0.15, 0.2) is 11.4 Å². The maximum atomic E-state index is 15.3. The van der Waals surface area contributed by atoms with E-state index in [0.29, 0.717) is 12.2 Å². The van der Waals surface area contributed by atoms with Gasteiger partial charge >= 0.3 is 0 Å². The Kier molecular flexibility index (Phi) is 11.6. The number of hydrogen-bond donors (Lipinski definition) is 1. The number of anilines is 1. The van der Waals surface area contributed by atoms with Gasteiger partial charge in [-0.15, -0.1) is 0 Å². The Labute approximate surface area is 342 Å². The molecule has 1 fully saturated rings. The highest BCUT2D eigenvalue weighted by Crippen LogP contribution is 2.60. The molecule has 296 valence electrons. The summed E-state index contributed by atoms with van der Waals surface area (Å²) in [6, 6.07) is 34.7. The van der Waals surface area contributed by atoms with Crippen molar-refractivity contribution in [3.8, 4) is 17.2 Å². The predicted octanol–water partition coefficient (Wildman–Crippen LogP) is 6.79. The van der Waals surface area contributed by atoms with Gasteiger partial charge < -0.3 is 29.1 Å². The average molecular weight is 851 g/mol. The molecule has 0 saturated carbocycles. The van der Waals surface area contributed by atoms with Crippen molar-refractivity contribution in [1.29, 1.82) is 0 Å². The van der Waals surface area contributed by atoms with Crippen molar-refractivity contribution >= 4 is 46.7 Å². The maximum Gasteiger partial charge on any atom is 0.297 e. The van der Waals surface area contributed by atoms with E-state index in [1.165, 1.54) is 16.9 Å². The lowest BCUT2D eigenvalue weighted by Gasteiger charge is -2.37. The quantitative estimate of drug-likeness (QED) is 0.130. The van der Waals surface area contributed by atoms with Crippen molar-refractivity contribution in [3.63, 3.8) is 0 Å². The number of aliphatic hydroxyl groups excluding tert-OH is 1. The second-order valence-electron chi connectivity index (χ2n) is 15.4. The molecule has 0 unspecified atom stereocenters. The van der Waals surface area contributed by atoms with E-state index in [1.54, 1.807) is 35.2 Å². The van der Waals surface area contributed by atoms with E-state index < -0.39 is 19.8 Å². The number of ether oxygens (including phenoxy) is 3. The summed E-state index contributed by atoms with van der Waals surface area (Å²) in [7, 11) is 0.589. The van der Waals surface area contributed by atoms with E-state index in [1.807, 2.05) is 84.9 Å². The van der Waals surface area contributed by atoms with Gasteiger partial charge in [-0.1, -0.05) is 95.7 Å². The van der Waals surface area contributed by atoms with Crippen molar-refractivity contribution in [3.05, 3.63) is 147 Å². The number of fused-ring (bicyclic) bond motifs is 2. The topological polar surface area (TPSA) is 111 Å². The van der Waals surface area contributed by atoms with Crippen LogP contribution in [0.4, 0.5) is 5.69 Å². The maximum absolute atomic E-state index is 15.3. The zero-order valence-corrected chi connectivity index (χ0v) is 35.4. The van der Waals surface area contributed by atoms with E-state index >= 15 is 4.79 Å². The van der Waals surface area contributed by atoms with Crippen LogP contribution in [0, 0.1) is 5.92 Å². The second kappa shape index (κ2) is 16.5. The Balaban J connectivity index is 1.26. The Hall–Kier alpha value is -5.01. The van der Waals surface area contributed by atoms with Crippen LogP contribution in [-0.2, 0) is 33.0 Å². The molecule has 7 rings (SSSR count). The first kappa shape index (κ1) is 40.2. The highest BCUT2D eigenvalue weighted by molar-refractivity contribution is 9.10. The number of aromatic nitrogens is 1. The molecule has 0 bridgehead atoms. The molecule has 1 spiro atoms. The third kappa shape index (κ3) is 7.47. The van der Waals surface area contributed by atoms with Gasteiger partial charge in [0.1, 0.15) is 5.75 Å². The molecule has 2 aliphatic heterocycles. The first-order valence-electron chi connectivity index (χ1n) is 19.1. The lowest BCUT2D eigenvalue weighted by atomic mass is 9.82. The van der Waals surface area contributed by atoms with Crippen LogP contribution in [0.2, 0.25) is 18.6 Å². The molecule has 57 heavy (non-hydrogen) atoms. The number of amides is 2. The molecule has 1 aromatic heterocycles. The van der Waals surface area contributed by atoms with Crippen molar-refractivity contribution in [1.82, 2.24) is 9.47 Å². The molecule has 0 aliphatic carbocycles. The molecule has 0 radical (unpaired) electrons. The van der Waals surface area contributed by atoms with Gasteiger partial charge in [0.2, 0.25) is 5.91 Å². The van der Waals surface area contributed by atoms with Crippen LogP contribution in [0.15, 0.2) is 125 Å². The van der Waals surface area contributed by atoms with Crippen LogP contribution >= 0.6 is 15.9 Å². The van der Waals surface area contributed by atoms with Crippen LogP contribution in [0.3, 0.4) is 0 Å². The van der Waals surface area contributed by atoms with Gasteiger partial charge in [-0.3, -0.25) is 19.0 Å². The van der Waals surface area contributed by atoms with Crippen molar-refractivity contribution in [2.24, 2.45) is 5.92 Å². The van der Waals surface area contributed by atoms with E-state index in [0.717, 1.165) is 32.6 Å². The van der Waals surface area contributed by atoms with Crippen LogP contribution in [-0.4, -0.2) is 67.9 Å². The number of carbonyl (C=O) groups excluding carboxylic acids is 2. The second-order valence-corrected chi connectivity index (χ2v) is 21.0. The van der Waals surface area contributed by atoms with Crippen LogP contribution in [0.5, 0.6) is 11.5 Å². The predicted molar refractivity (Wildman–Crippen MR) is 227 cm³/mol. The average Bonchev–Trinajstić information content (AvgIpc) is 3.64. The van der Waals surface area contributed by atoms with Gasteiger partial charge in [0.25, 0.3) is 11.5 Å². The number of halogens is 1. The van der Waals surface area contributed by atoms with Crippen LogP contribution in [0.25, 0.3) is 5.69 Å². The van der Waals surface area contributed by atoms with E-state index in [9.17, 15) is 14.7 Å². The number of rotatable bonds is 13.